The molecular weight excluding hydrogens is 1260 g/mol. The number of carbonyl (C=O) groups is 1. The van der Waals surface area contributed by atoms with E-state index in [2.05, 4.69) is 80.4 Å². The largest absolute Gasteiger partial charge is 0.464 e. The number of nitrogen functional groups attached to an aromatic ring is 1. The third-order valence-electron chi connectivity index (χ3n) is 10.6. The molecule has 0 saturated carbocycles. The van der Waals surface area contributed by atoms with Crippen molar-refractivity contribution in [3.63, 3.8) is 0 Å². The maximum atomic E-state index is 10.9. The second-order valence-electron chi connectivity index (χ2n) is 18.1. The number of fused-ring (bicyclic) bond motifs is 2. The zero-order chi connectivity index (χ0) is 66.6. The lowest BCUT2D eigenvalue weighted by atomic mass is 10.3. The Morgan fingerprint density at radius 3 is 1.33 bits per heavy atom. The van der Waals surface area contributed by atoms with Crippen LogP contribution in [0.5, 0.6) is 0 Å². The number of aliphatic hydroxyl groups is 1. The average molecular weight is 1340 g/mol. The number of aliphatic hydroxyl groups excluding tert-OH is 1. The number of nitrogens with zero attached hydrogens (tertiary/aromatic N) is 16. The van der Waals surface area contributed by atoms with E-state index in [4.69, 9.17) is 103 Å². The topological polar surface area (TPSA) is 385 Å². The number of esters is 1. The molecule has 0 fully saturated rings. The van der Waals surface area contributed by atoms with Crippen LogP contribution in [-0.4, -0.2) is 206 Å². The molecule has 0 saturated heterocycles. The molecule has 0 radical (unpaired) electrons. The Morgan fingerprint density at radius 2 is 0.868 bits per heavy atom. The molecule has 500 valence electrons. The molecule has 91 heavy (non-hydrogen) atoms. The smallest absolute Gasteiger partial charge is 0.356 e. The first kappa shape index (κ1) is 78.2. The number of halogens is 3. The van der Waals surface area contributed by atoms with Gasteiger partial charge in [-0.05, 0) is 113 Å². The predicted octanol–water partition coefficient (Wildman–Crippen LogP) is 5.08. The zero-order valence-corrected chi connectivity index (χ0v) is 54.9. The van der Waals surface area contributed by atoms with E-state index in [0.717, 1.165) is 51.2 Å². The molecule has 0 aliphatic carbocycles. The van der Waals surface area contributed by atoms with Gasteiger partial charge in [-0.3, -0.25) is 14.2 Å². The molecule has 8 heterocycles. The molecule has 0 bridgehead atoms. The van der Waals surface area contributed by atoms with Crippen LogP contribution in [0.3, 0.4) is 0 Å². The summed E-state index contributed by atoms with van der Waals surface area (Å²) < 4.78 is 69.4. The molecule has 0 aliphatic rings. The van der Waals surface area contributed by atoms with Crippen molar-refractivity contribution in [3.05, 3.63) is 133 Å². The lowest BCUT2D eigenvalue weighted by Crippen LogP contribution is -2.13. The maximum absolute atomic E-state index is 10.9. The number of hydrogen-bond acceptors (Lipinski definition) is 31. The number of aryl methyl sites for hydroxylation is 6. The quantitative estimate of drug-likeness (QED) is 0.0127. The van der Waals surface area contributed by atoms with Gasteiger partial charge in [0.05, 0.1) is 121 Å². The fraction of sp³-hybridized carbons (Fsp3) is 0.509. The van der Waals surface area contributed by atoms with E-state index in [1.165, 1.54) is 13.2 Å². The first-order chi connectivity index (χ1) is 43.9. The Bertz CT molecular complexity index is 3250. The van der Waals surface area contributed by atoms with Gasteiger partial charge in [0, 0.05) is 62.6 Å². The van der Waals surface area contributed by atoms with E-state index in [1.54, 1.807) is 65.4 Å². The Balaban J connectivity index is 0.000000288. The molecule has 0 atom stereocenters. The van der Waals surface area contributed by atoms with Crippen molar-refractivity contribution in [3.8, 4) is 0 Å². The van der Waals surface area contributed by atoms with Crippen LogP contribution in [-0.2, 0) is 94.6 Å². The fourth-order valence-electron chi connectivity index (χ4n) is 6.70. The van der Waals surface area contributed by atoms with Crippen molar-refractivity contribution in [2.24, 2.45) is 5.84 Å². The van der Waals surface area contributed by atoms with Gasteiger partial charge >= 0.3 is 5.97 Å². The van der Waals surface area contributed by atoms with Crippen molar-refractivity contribution < 1.29 is 71.5 Å². The number of hydrogen-bond donors (Lipinski definition) is 3. The van der Waals surface area contributed by atoms with Crippen molar-refractivity contribution in [1.82, 2.24) is 79.0 Å². The highest BCUT2D eigenvalue weighted by Crippen LogP contribution is 2.11. The summed E-state index contributed by atoms with van der Waals surface area (Å²) in [7, 11) is 7.79. The lowest BCUT2D eigenvalue weighted by Gasteiger charge is -2.07. The molecule has 8 rings (SSSR count). The van der Waals surface area contributed by atoms with Gasteiger partial charge in [0.25, 0.3) is 11.6 Å². The second-order valence-corrected chi connectivity index (χ2v) is 19.1. The van der Waals surface area contributed by atoms with Crippen LogP contribution in [0.4, 0.5) is 5.95 Å². The van der Waals surface area contributed by atoms with E-state index in [1.807, 2.05) is 56.4 Å². The number of hydrazine groups is 1. The van der Waals surface area contributed by atoms with Gasteiger partial charge in [-0.1, -0.05) is 0 Å². The fourth-order valence-corrected chi connectivity index (χ4v) is 7.41. The van der Waals surface area contributed by atoms with E-state index in [-0.39, 0.29) is 55.3 Å². The molecular formula is C55H79Cl3N18O15. The van der Waals surface area contributed by atoms with E-state index in [9.17, 15) is 4.79 Å². The molecule has 0 aliphatic heterocycles. The number of methoxy groups -OCH3 is 5. The van der Waals surface area contributed by atoms with E-state index < -0.39 is 5.97 Å². The van der Waals surface area contributed by atoms with Crippen LogP contribution >= 0.6 is 34.8 Å². The normalized spacial score (nSPS) is 10.6. The minimum atomic E-state index is -0.512. The Kier molecular flexibility index (Phi) is 40.4. The van der Waals surface area contributed by atoms with Crippen LogP contribution < -0.4 is 11.3 Å². The zero-order valence-electron chi connectivity index (χ0n) is 52.7. The molecule has 8 aromatic heterocycles. The van der Waals surface area contributed by atoms with Crippen LogP contribution in [0.1, 0.15) is 73.1 Å². The van der Waals surface area contributed by atoms with Gasteiger partial charge in [0.1, 0.15) is 39.8 Å². The van der Waals surface area contributed by atoms with Crippen LogP contribution in [0, 0.1) is 41.5 Å². The molecule has 0 unspecified atom stereocenters. The Labute approximate surface area is 541 Å². The van der Waals surface area contributed by atoms with Crippen molar-refractivity contribution >= 4 is 58.3 Å². The number of ether oxygens (including phenoxy) is 13. The monoisotopic (exact) mass is 1340 g/mol. The van der Waals surface area contributed by atoms with Gasteiger partial charge in [-0.15, -0.1) is 20.4 Å². The second kappa shape index (κ2) is 47.0. The number of nitrogens with two attached hydrogens (primary N) is 1. The summed E-state index contributed by atoms with van der Waals surface area (Å²) >= 11 is 16.7. The first-order valence-electron chi connectivity index (χ1n) is 27.4. The minimum absolute atomic E-state index is 0.0513. The summed E-state index contributed by atoms with van der Waals surface area (Å²) in [4.78, 5) is 50.8. The number of anilines is 1. The summed E-state index contributed by atoms with van der Waals surface area (Å²) in [5.41, 5.74) is 11.3. The van der Waals surface area contributed by atoms with Gasteiger partial charge in [-0.25, -0.2) is 60.5 Å². The molecule has 0 spiro atoms. The number of aromatic nitrogens is 16. The molecule has 8 aromatic rings. The molecule has 33 nitrogen and oxygen atoms in total. The first-order valence-corrected chi connectivity index (χ1v) is 28.5. The molecule has 36 heteroatoms. The van der Waals surface area contributed by atoms with Gasteiger partial charge < -0.3 is 66.7 Å². The highest BCUT2D eigenvalue weighted by Gasteiger charge is 2.10. The summed E-state index contributed by atoms with van der Waals surface area (Å²) in [5, 5.41) is 24.5. The predicted molar refractivity (Wildman–Crippen MR) is 328 cm³/mol. The number of rotatable bonds is 31. The van der Waals surface area contributed by atoms with Crippen LogP contribution in [0.15, 0.2) is 49.1 Å². The summed E-state index contributed by atoms with van der Waals surface area (Å²) in [6.45, 7) is 17.7. The summed E-state index contributed by atoms with van der Waals surface area (Å²) in [6.07, 6.45) is 3.25. The highest BCUT2D eigenvalue weighted by molar-refractivity contribution is 6.28. The van der Waals surface area contributed by atoms with E-state index in [0.29, 0.717) is 108 Å². The van der Waals surface area contributed by atoms with Crippen LogP contribution in [0.2, 0.25) is 15.9 Å². The minimum Gasteiger partial charge on any atom is -0.464 e. The van der Waals surface area contributed by atoms with Gasteiger partial charge in [0.15, 0.2) is 5.69 Å². The van der Waals surface area contributed by atoms with Crippen LogP contribution in [0.25, 0.3) is 11.6 Å². The summed E-state index contributed by atoms with van der Waals surface area (Å²) in [5.74, 6) is 6.27. The molecule has 0 amide bonds. The Morgan fingerprint density at radius 1 is 0.462 bits per heavy atom. The van der Waals surface area contributed by atoms with Crippen molar-refractivity contribution in [1.29, 1.82) is 0 Å². The average Bonchev–Trinajstić information content (AvgIpc) is 2.86. The van der Waals surface area contributed by atoms with Crippen molar-refractivity contribution in [2.75, 3.05) is 121 Å². The highest BCUT2D eigenvalue weighted by atomic mass is 35.5. The van der Waals surface area contributed by atoms with Gasteiger partial charge in [-0.2, -0.15) is 0 Å². The van der Waals surface area contributed by atoms with Crippen molar-refractivity contribution in [2.45, 2.75) is 74.6 Å². The SMILES string of the molecule is COC(=O)c1cc(C)nc(Cl)n1.COCCOCOCc1cc(C)n2cnnc2n1.COCCOCOCc1cc(C)nc(Cl)n1.COCCOCOCc1cc(C)nc(NN)n1.COCCOCOCc1cc(C)nc2nncn12.Cc1cc(CO)nc(Cl)n1. The van der Waals surface area contributed by atoms with E-state index >= 15 is 0 Å². The molecule has 0 aromatic carbocycles. The summed E-state index contributed by atoms with van der Waals surface area (Å²) in [6, 6.07) is 10.7. The molecule has 4 N–H and O–H groups in total. The lowest BCUT2D eigenvalue weighted by molar-refractivity contribution is -0.0735. The number of carbonyl (C=O) groups excluding carboxylic acids is 1. The third kappa shape index (κ3) is 33.8. The standard InChI is InChI=1S/2C11H16N4O3.C10H15ClN2O3.C10H18N4O3.C7H7ClN2O2.C6H7ClN2O/c1-9-5-10(6-18-8-17-4-3-16-2)13-11-14-12-7-15(9)11;1-9-5-10(6-18-8-17-4-3-16-2)15-7-12-14-11(15)13-9;1-8-5-9(13-10(11)12-8)6-16-7-15-4-3-14-2;1-8-5-9(13-10(12-8)14-11)6-17-7-16-4-3-15-2;1-4-3-5(6(11)12-2)10-7(8)9-4;1-4-2-5(3-10)9-6(7)8-4/h2*5,7H,3-4,6,8H2,1-2H3;5H,3-4,6-7H2,1-2H3;5H,3-4,6-7,11H2,1-2H3,(H,12,13,14);3H,1-2H3;2,10H,3H2,1H3. The van der Waals surface area contributed by atoms with Gasteiger partial charge in [0.2, 0.25) is 21.8 Å². The number of nitrogens with one attached hydrogen (secondary N) is 1. The third-order valence-corrected chi connectivity index (χ3v) is 11.1. The maximum Gasteiger partial charge on any atom is 0.356 e. The Hall–Kier alpha value is -7.00.